The smallest absolute Gasteiger partial charge is 0.319 e. The van der Waals surface area contributed by atoms with E-state index in [2.05, 4.69) is 24.3 Å². The Labute approximate surface area is 124 Å². The molecule has 1 aromatic rings. The van der Waals surface area contributed by atoms with Crippen LogP contribution in [0.25, 0.3) is 0 Å². The Balaban J connectivity index is 1.54. The molecule has 1 aliphatic heterocycles. The fourth-order valence-electron chi connectivity index (χ4n) is 3.23. The maximum atomic E-state index is 12.3. The third-order valence-electron chi connectivity index (χ3n) is 4.84. The molecule has 0 bridgehead atoms. The number of aliphatic carboxylic acids is 1. The molecule has 2 aliphatic rings. The van der Waals surface area contributed by atoms with E-state index >= 15 is 0 Å². The third-order valence-corrected chi connectivity index (χ3v) is 4.84. The molecule has 1 amide bonds. The molecule has 3 rings (SSSR count). The van der Waals surface area contributed by atoms with Gasteiger partial charge in [0.2, 0.25) is 5.91 Å². The molecule has 1 aromatic carbocycles. The van der Waals surface area contributed by atoms with Gasteiger partial charge >= 0.3 is 5.97 Å². The number of benzene rings is 1. The van der Waals surface area contributed by atoms with E-state index in [4.69, 9.17) is 0 Å². The van der Waals surface area contributed by atoms with Gasteiger partial charge in [0, 0.05) is 13.1 Å². The largest absolute Gasteiger partial charge is 0.480 e. The second-order valence-corrected chi connectivity index (χ2v) is 6.31. The number of carbonyl (C=O) groups excluding carboxylic acids is 1. The lowest BCUT2D eigenvalue weighted by Gasteiger charge is -2.33. The van der Waals surface area contributed by atoms with Gasteiger partial charge in [-0.2, -0.15) is 0 Å². The minimum atomic E-state index is -1.08. The van der Waals surface area contributed by atoms with Crippen LogP contribution in [0.4, 0.5) is 0 Å². The van der Waals surface area contributed by atoms with Crippen LogP contribution in [0.15, 0.2) is 30.3 Å². The monoisotopic (exact) mass is 287 g/mol. The highest BCUT2D eigenvalue weighted by atomic mass is 16.4. The molecular weight excluding hydrogens is 266 g/mol. The molecule has 0 atom stereocenters. The van der Waals surface area contributed by atoms with Crippen LogP contribution in [0.1, 0.15) is 31.2 Å². The Hall–Kier alpha value is -1.84. The second kappa shape index (κ2) is 5.51. The standard InChI is InChI=1S/C17H21NO3/c19-15(17(8-9-17)16(20)21)18-10-6-14(7-11-18)12-13-4-2-1-3-5-13/h1-5,14H,6-12H2,(H,20,21). The number of rotatable bonds is 4. The molecular formula is C17H21NO3. The second-order valence-electron chi connectivity index (χ2n) is 6.31. The minimum absolute atomic E-state index is 0.159. The zero-order valence-corrected chi connectivity index (χ0v) is 12.1. The molecule has 0 radical (unpaired) electrons. The molecule has 112 valence electrons. The minimum Gasteiger partial charge on any atom is -0.480 e. The zero-order valence-electron chi connectivity index (χ0n) is 12.1. The summed E-state index contributed by atoms with van der Waals surface area (Å²) in [5.41, 5.74) is 0.262. The van der Waals surface area contributed by atoms with Crippen LogP contribution in [-0.4, -0.2) is 35.0 Å². The number of piperidine rings is 1. The summed E-state index contributed by atoms with van der Waals surface area (Å²) in [6, 6.07) is 10.4. The summed E-state index contributed by atoms with van der Waals surface area (Å²) in [6.07, 6.45) is 4.00. The first-order valence-corrected chi connectivity index (χ1v) is 7.68. The highest BCUT2D eigenvalue weighted by molar-refractivity contribution is 6.04. The van der Waals surface area contributed by atoms with E-state index in [0.29, 0.717) is 31.8 Å². The van der Waals surface area contributed by atoms with E-state index in [1.165, 1.54) is 5.56 Å². The number of nitrogens with zero attached hydrogens (tertiary/aromatic N) is 1. The lowest BCUT2D eigenvalue weighted by Crippen LogP contribution is -2.45. The van der Waals surface area contributed by atoms with E-state index in [9.17, 15) is 14.7 Å². The van der Waals surface area contributed by atoms with Crippen molar-refractivity contribution in [3.8, 4) is 0 Å². The van der Waals surface area contributed by atoms with Gasteiger partial charge in [0.1, 0.15) is 5.41 Å². The molecule has 0 unspecified atom stereocenters. The normalized spacial score (nSPS) is 21.0. The van der Waals surface area contributed by atoms with Gasteiger partial charge in [0.05, 0.1) is 0 Å². The maximum Gasteiger partial charge on any atom is 0.319 e. The summed E-state index contributed by atoms with van der Waals surface area (Å²) in [5.74, 6) is -0.511. The van der Waals surface area contributed by atoms with E-state index in [-0.39, 0.29) is 5.91 Å². The summed E-state index contributed by atoms with van der Waals surface area (Å²) in [6.45, 7) is 1.40. The van der Waals surface area contributed by atoms with E-state index in [0.717, 1.165) is 19.3 Å². The summed E-state index contributed by atoms with van der Waals surface area (Å²) < 4.78 is 0. The molecule has 4 heteroatoms. The van der Waals surface area contributed by atoms with Crippen molar-refractivity contribution in [3.05, 3.63) is 35.9 Å². The highest BCUT2D eigenvalue weighted by Gasteiger charge is 2.58. The van der Waals surface area contributed by atoms with Gasteiger partial charge in [0.25, 0.3) is 0 Å². The van der Waals surface area contributed by atoms with Gasteiger partial charge in [0.15, 0.2) is 0 Å². The highest BCUT2D eigenvalue weighted by Crippen LogP contribution is 2.48. The third kappa shape index (κ3) is 2.80. The Kier molecular flexibility index (Phi) is 3.70. The maximum absolute atomic E-state index is 12.3. The van der Waals surface area contributed by atoms with Crippen LogP contribution in [0.2, 0.25) is 0 Å². The van der Waals surface area contributed by atoms with Crippen LogP contribution in [-0.2, 0) is 16.0 Å². The Morgan fingerprint density at radius 2 is 1.76 bits per heavy atom. The van der Waals surface area contributed by atoms with Crippen LogP contribution >= 0.6 is 0 Å². The number of carbonyl (C=O) groups is 2. The lowest BCUT2D eigenvalue weighted by molar-refractivity contribution is -0.154. The molecule has 4 nitrogen and oxygen atoms in total. The summed E-state index contributed by atoms with van der Waals surface area (Å²) in [7, 11) is 0. The summed E-state index contributed by atoms with van der Waals surface area (Å²) in [5, 5.41) is 9.20. The van der Waals surface area contributed by atoms with Crippen molar-refractivity contribution in [2.75, 3.05) is 13.1 Å². The Bertz CT molecular complexity index is 528. The van der Waals surface area contributed by atoms with Crippen molar-refractivity contribution in [1.82, 2.24) is 4.90 Å². The molecule has 2 fully saturated rings. The molecule has 1 heterocycles. The van der Waals surface area contributed by atoms with Crippen LogP contribution < -0.4 is 0 Å². The van der Waals surface area contributed by atoms with Crippen LogP contribution in [0.3, 0.4) is 0 Å². The molecule has 1 saturated carbocycles. The van der Waals surface area contributed by atoms with Gasteiger partial charge in [-0.05, 0) is 43.6 Å². The van der Waals surface area contributed by atoms with Crippen molar-refractivity contribution in [2.24, 2.45) is 11.3 Å². The molecule has 21 heavy (non-hydrogen) atoms. The molecule has 0 spiro atoms. The van der Waals surface area contributed by atoms with Crippen molar-refractivity contribution in [1.29, 1.82) is 0 Å². The number of carboxylic acids is 1. The van der Waals surface area contributed by atoms with Crippen molar-refractivity contribution in [2.45, 2.75) is 32.1 Å². The van der Waals surface area contributed by atoms with Gasteiger partial charge in [-0.25, -0.2) is 0 Å². The van der Waals surface area contributed by atoms with Crippen molar-refractivity contribution in [3.63, 3.8) is 0 Å². The molecule has 1 N–H and O–H groups in total. The van der Waals surface area contributed by atoms with Crippen LogP contribution in [0.5, 0.6) is 0 Å². The quantitative estimate of drug-likeness (QED) is 0.865. The van der Waals surface area contributed by atoms with Gasteiger partial charge < -0.3 is 10.0 Å². The van der Waals surface area contributed by atoms with Crippen molar-refractivity contribution < 1.29 is 14.7 Å². The zero-order chi connectivity index (χ0) is 14.9. The van der Waals surface area contributed by atoms with Gasteiger partial charge in [-0.1, -0.05) is 30.3 Å². The predicted octanol–water partition coefficient (Wildman–Crippen LogP) is 2.33. The number of likely N-dealkylation sites (tertiary alicyclic amines) is 1. The van der Waals surface area contributed by atoms with Crippen LogP contribution in [0, 0.1) is 11.3 Å². The van der Waals surface area contributed by atoms with Gasteiger partial charge in [-0.15, -0.1) is 0 Å². The predicted molar refractivity (Wildman–Crippen MR) is 78.8 cm³/mol. The SMILES string of the molecule is O=C(O)C1(C(=O)N2CCC(Cc3ccccc3)CC2)CC1. The van der Waals surface area contributed by atoms with Gasteiger partial charge in [-0.3, -0.25) is 9.59 Å². The fraction of sp³-hybridized carbons (Fsp3) is 0.529. The number of carboxylic acid groups (broad SMARTS) is 1. The molecule has 0 aromatic heterocycles. The summed E-state index contributed by atoms with van der Waals surface area (Å²) in [4.78, 5) is 25.3. The first-order chi connectivity index (χ1) is 10.1. The molecule has 1 aliphatic carbocycles. The fourth-order valence-corrected chi connectivity index (χ4v) is 3.23. The lowest BCUT2D eigenvalue weighted by atomic mass is 9.89. The van der Waals surface area contributed by atoms with E-state index < -0.39 is 11.4 Å². The first-order valence-electron chi connectivity index (χ1n) is 7.68. The van der Waals surface area contributed by atoms with Crippen molar-refractivity contribution >= 4 is 11.9 Å². The number of hydrogen-bond acceptors (Lipinski definition) is 2. The Morgan fingerprint density at radius 1 is 1.14 bits per heavy atom. The summed E-state index contributed by atoms with van der Waals surface area (Å²) >= 11 is 0. The number of hydrogen-bond donors (Lipinski definition) is 1. The van der Waals surface area contributed by atoms with E-state index in [1.807, 2.05) is 6.07 Å². The topological polar surface area (TPSA) is 57.6 Å². The average Bonchev–Trinajstić information content (AvgIpc) is 3.30. The van der Waals surface area contributed by atoms with E-state index in [1.54, 1.807) is 4.90 Å². The Morgan fingerprint density at radius 3 is 2.29 bits per heavy atom. The number of amides is 1. The average molecular weight is 287 g/mol. The molecule has 1 saturated heterocycles. The first kappa shape index (κ1) is 14.1.